The molecule has 1 saturated heterocycles. The van der Waals surface area contributed by atoms with E-state index in [4.69, 9.17) is 4.74 Å². The number of phenols is 1. The third kappa shape index (κ3) is 3.65. The Balaban J connectivity index is 1.61. The minimum absolute atomic E-state index is 0.107. The van der Waals surface area contributed by atoms with Gasteiger partial charge in [-0.3, -0.25) is 14.6 Å². The Hall–Kier alpha value is -3.78. The number of methoxy groups -OCH3 is 1. The molecule has 3 N–H and O–H groups in total. The molecule has 0 aliphatic carbocycles. The van der Waals surface area contributed by atoms with Gasteiger partial charge in [0.2, 0.25) is 0 Å². The highest BCUT2D eigenvalue weighted by atomic mass is 16.5. The van der Waals surface area contributed by atoms with Crippen molar-refractivity contribution in [3.63, 3.8) is 0 Å². The van der Waals surface area contributed by atoms with Gasteiger partial charge in [0.05, 0.1) is 7.11 Å². The lowest BCUT2D eigenvalue weighted by Crippen LogP contribution is -2.53. The standard InChI is InChI=1S/C27H30N4O4/c1-4-5-11-28-12-13-30-25(33)27(2)16-21-20-15-19(35-3)9-10-22(20)29-23(21)24(31(27)26(30)34)17-7-6-8-18(32)14-17/h4,6-10,14-15,24,28-29,32H,1,5,11-13,16H2,2-3H3/t24-,27+/m1/s1. The van der Waals surface area contributed by atoms with E-state index in [1.807, 2.05) is 37.3 Å². The molecule has 0 spiro atoms. The van der Waals surface area contributed by atoms with Crippen molar-refractivity contribution in [1.82, 2.24) is 20.1 Å². The number of imide groups is 1. The Bertz CT molecular complexity index is 1320. The number of benzene rings is 2. The molecule has 5 rings (SSSR count). The predicted octanol–water partition coefficient (Wildman–Crippen LogP) is 3.72. The molecular weight excluding hydrogens is 444 g/mol. The van der Waals surface area contributed by atoms with Crippen molar-refractivity contribution in [3.8, 4) is 11.5 Å². The second-order valence-electron chi connectivity index (χ2n) is 9.31. The fraction of sp³-hybridized carbons (Fsp3) is 0.333. The molecule has 1 fully saturated rings. The summed E-state index contributed by atoms with van der Waals surface area (Å²) in [5.41, 5.74) is 2.43. The first-order chi connectivity index (χ1) is 16.9. The van der Waals surface area contributed by atoms with Crippen LogP contribution in [-0.4, -0.2) is 64.1 Å². The lowest BCUT2D eigenvalue weighted by Gasteiger charge is -2.42. The van der Waals surface area contributed by atoms with Gasteiger partial charge >= 0.3 is 6.03 Å². The Morgan fingerprint density at radius 1 is 1.26 bits per heavy atom. The molecule has 0 bridgehead atoms. The number of urea groups is 1. The fourth-order valence-corrected chi connectivity index (χ4v) is 5.38. The number of H-pyrrole nitrogens is 1. The topological polar surface area (TPSA) is 97.9 Å². The minimum Gasteiger partial charge on any atom is -0.508 e. The number of carbonyl (C=O) groups excluding carboxylic acids is 2. The van der Waals surface area contributed by atoms with E-state index < -0.39 is 11.6 Å². The second kappa shape index (κ2) is 8.78. The van der Waals surface area contributed by atoms with Crippen LogP contribution in [0.25, 0.3) is 10.9 Å². The number of rotatable bonds is 8. The number of aromatic nitrogens is 1. The number of carbonyl (C=O) groups is 2. The van der Waals surface area contributed by atoms with Gasteiger partial charge in [-0.2, -0.15) is 0 Å². The van der Waals surface area contributed by atoms with Crippen molar-refractivity contribution in [1.29, 1.82) is 0 Å². The number of hydrogen-bond donors (Lipinski definition) is 3. The van der Waals surface area contributed by atoms with Crippen molar-refractivity contribution >= 4 is 22.8 Å². The highest BCUT2D eigenvalue weighted by Gasteiger charge is 2.60. The summed E-state index contributed by atoms with van der Waals surface area (Å²) in [4.78, 5) is 34.1. The maximum atomic E-state index is 13.8. The number of nitrogens with zero attached hydrogens (tertiary/aromatic N) is 2. The smallest absolute Gasteiger partial charge is 0.328 e. The van der Waals surface area contributed by atoms with Crippen LogP contribution in [0.4, 0.5) is 4.79 Å². The van der Waals surface area contributed by atoms with Crippen molar-refractivity contribution < 1.29 is 19.4 Å². The molecule has 182 valence electrons. The first-order valence-corrected chi connectivity index (χ1v) is 11.8. The van der Waals surface area contributed by atoms with E-state index in [1.165, 1.54) is 4.90 Å². The molecule has 1 aromatic heterocycles. The van der Waals surface area contributed by atoms with Crippen LogP contribution in [0.3, 0.4) is 0 Å². The molecule has 3 aromatic rings. The zero-order valence-corrected chi connectivity index (χ0v) is 20.0. The Labute approximate surface area is 204 Å². The first-order valence-electron chi connectivity index (χ1n) is 11.8. The normalized spacial score (nSPS) is 21.4. The van der Waals surface area contributed by atoms with Crippen molar-refractivity contribution in [2.75, 3.05) is 26.7 Å². The number of ether oxygens (including phenoxy) is 1. The van der Waals surface area contributed by atoms with Gasteiger partial charge in [-0.05, 0) is 61.3 Å². The van der Waals surface area contributed by atoms with Gasteiger partial charge in [-0.1, -0.05) is 18.2 Å². The largest absolute Gasteiger partial charge is 0.508 e. The average molecular weight is 475 g/mol. The zero-order valence-electron chi connectivity index (χ0n) is 20.0. The number of fused-ring (bicyclic) bond motifs is 4. The number of amides is 3. The fourth-order valence-electron chi connectivity index (χ4n) is 5.38. The molecule has 2 aliphatic rings. The van der Waals surface area contributed by atoms with Gasteiger partial charge in [-0.25, -0.2) is 4.79 Å². The Kier molecular flexibility index (Phi) is 5.76. The second-order valence-corrected chi connectivity index (χ2v) is 9.31. The van der Waals surface area contributed by atoms with E-state index in [9.17, 15) is 14.7 Å². The number of hydrogen-bond acceptors (Lipinski definition) is 5. The highest BCUT2D eigenvalue weighted by molar-refractivity contribution is 6.08. The molecule has 0 unspecified atom stereocenters. The van der Waals surface area contributed by atoms with Crippen molar-refractivity contribution in [2.24, 2.45) is 0 Å². The molecule has 8 heteroatoms. The van der Waals surface area contributed by atoms with Gasteiger partial charge < -0.3 is 20.1 Å². The summed E-state index contributed by atoms with van der Waals surface area (Å²) in [6.07, 6.45) is 3.03. The molecule has 0 saturated carbocycles. The summed E-state index contributed by atoms with van der Waals surface area (Å²) in [6.45, 7) is 7.10. The third-order valence-electron chi connectivity index (χ3n) is 7.10. The number of phenolic OH excluding ortho intramolecular Hbond substituents is 1. The summed E-state index contributed by atoms with van der Waals surface area (Å²) >= 11 is 0. The first kappa shape index (κ1) is 23.0. The quantitative estimate of drug-likeness (QED) is 0.263. The molecule has 3 heterocycles. The van der Waals surface area contributed by atoms with Gasteiger partial charge in [0.25, 0.3) is 5.91 Å². The molecular formula is C27H30N4O4. The monoisotopic (exact) mass is 474 g/mol. The van der Waals surface area contributed by atoms with E-state index in [0.717, 1.165) is 46.4 Å². The van der Waals surface area contributed by atoms with E-state index in [-0.39, 0.29) is 24.2 Å². The zero-order chi connectivity index (χ0) is 24.7. The maximum Gasteiger partial charge on any atom is 0.328 e. The molecule has 35 heavy (non-hydrogen) atoms. The van der Waals surface area contributed by atoms with Gasteiger partial charge in [0.15, 0.2) is 0 Å². The SMILES string of the molecule is C=CCCNCCN1C(=O)N2[C@H](c3cccc(O)c3)c3[nH]c4ccc(OC)cc4c3C[C@@]2(C)C1=O. The lowest BCUT2D eigenvalue weighted by molar-refractivity contribution is -0.133. The minimum atomic E-state index is -1.06. The van der Waals surface area contributed by atoms with Crippen LogP contribution in [-0.2, 0) is 11.2 Å². The Morgan fingerprint density at radius 2 is 2.09 bits per heavy atom. The van der Waals surface area contributed by atoms with E-state index in [0.29, 0.717) is 13.0 Å². The molecule has 3 amide bonds. The summed E-state index contributed by atoms with van der Waals surface area (Å²) in [5.74, 6) is 0.623. The van der Waals surface area contributed by atoms with Crippen LogP contribution in [0.1, 0.15) is 36.2 Å². The molecule has 2 aromatic carbocycles. The van der Waals surface area contributed by atoms with Gasteiger partial charge in [0.1, 0.15) is 23.1 Å². The van der Waals surface area contributed by atoms with E-state index in [2.05, 4.69) is 16.9 Å². The van der Waals surface area contributed by atoms with Crippen molar-refractivity contribution in [2.45, 2.75) is 31.3 Å². The third-order valence-corrected chi connectivity index (χ3v) is 7.10. The summed E-state index contributed by atoms with van der Waals surface area (Å²) in [7, 11) is 1.62. The molecule has 2 atom stereocenters. The number of nitrogens with one attached hydrogen (secondary N) is 2. The van der Waals surface area contributed by atoms with Crippen LogP contribution >= 0.6 is 0 Å². The number of aromatic amines is 1. The summed E-state index contributed by atoms with van der Waals surface area (Å²) in [6, 6.07) is 11.8. The van der Waals surface area contributed by atoms with Crippen LogP contribution in [0.15, 0.2) is 55.1 Å². The Morgan fingerprint density at radius 3 is 2.83 bits per heavy atom. The van der Waals surface area contributed by atoms with Crippen LogP contribution in [0, 0.1) is 0 Å². The summed E-state index contributed by atoms with van der Waals surface area (Å²) in [5, 5.41) is 14.5. The van der Waals surface area contributed by atoms with E-state index >= 15 is 0 Å². The predicted molar refractivity (Wildman–Crippen MR) is 134 cm³/mol. The van der Waals surface area contributed by atoms with Crippen LogP contribution in [0.2, 0.25) is 0 Å². The van der Waals surface area contributed by atoms with Gasteiger partial charge in [0, 0.05) is 36.1 Å². The van der Waals surface area contributed by atoms with Crippen LogP contribution < -0.4 is 10.1 Å². The summed E-state index contributed by atoms with van der Waals surface area (Å²) < 4.78 is 5.45. The lowest BCUT2D eigenvalue weighted by atomic mass is 9.81. The molecule has 8 nitrogen and oxygen atoms in total. The molecule has 2 aliphatic heterocycles. The average Bonchev–Trinajstić information content (AvgIpc) is 3.29. The van der Waals surface area contributed by atoms with Crippen molar-refractivity contribution in [3.05, 3.63) is 71.9 Å². The van der Waals surface area contributed by atoms with Crippen LogP contribution in [0.5, 0.6) is 11.5 Å². The highest BCUT2D eigenvalue weighted by Crippen LogP contribution is 2.49. The van der Waals surface area contributed by atoms with Gasteiger partial charge in [-0.15, -0.1) is 6.58 Å². The maximum absolute atomic E-state index is 13.8. The van der Waals surface area contributed by atoms with E-state index in [1.54, 1.807) is 30.2 Å². The molecule has 0 radical (unpaired) electrons. The number of aromatic hydroxyl groups is 1.